The van der Waals surface area contributed by atoms with E-state index in [2.05, 4.69) is 10.3 Å². The molecule has 0 bridgehead atoms. The number of nitrogens with two attached hydrogens (primary N) is 1. The minimum absolute atomic E-state index is 0.239. The van der Waals surface area contributed by atoms with Gasteiger partial charge >= 0.3 is 5.97 Å². The van der Waals surface area contributed by atoms with Crippen LogP contribution in [0.4, 0.5) is 11.4 Å². The number of thiophene rings is 1. The van der Waals surface area contributed by atoms with Crippen LogP contribution in [0.15, 0.2) is 35.1 Å². The van der Waals surface area contributed by atoms with Crippen molar-refractivity contribution in [2.24, 2.45) is 0 Å². The largest absolute Gasteiger partial charge is 0.465 e. The van der Waals surface area contributed by atoms with Gasteiger partial charge in [0, 0.05) is 11.5 Å². The summed E-state index contributed by atoms with van der Waals surface area (Å²) in [6.07, 6.45) is 0. The Labute approximate surface area is 146 Å². The number of hydrogen-bond acceptors (Lipinski definition) is 6. The summed E-state index contributed by atoms with van der Waals surface area (Å²) in [6.45, 7) is 1.76. The van der Waals surface area contributed by atoms with E-state index in [-0.39, 0.29) is 16.0 Å². The minimum atomic E-state index is -0.555. The zero-order valence-corrected chi connectivity index (χ0v) is 14.3. The van der Waals surface area contributed by atoms with Gasteiger partial charge in [-0.25, -0.2) is 4.79 Å². The SMILES string of the molecule is COC(=O)c1ccccc1NC(=O)c1sc2[nH]c(=O)cc(C)c2c1N. The number of esters is 1. The van der Waals surface area contributed by atoms with Crippen LogP contribution in [0.3, 0.4) is 0 Å². The number of para-hydroxylation sites is 1. The van der Waals surface area contributed by atoms with Crippen molar-refractivity contribution < 1.29 is 14.3 Å². The van der Waals surface area contributed by atoms with Crippen LogP contribution in [-0.4, -0.2) is 24.0 Å². The molecule has 4 N–H and O–H groups in total. The molecule has 0 spiro atoms. The quantitative estimate of drug-likeness (QED) is 0.623. The van der Waals surface area contributed by atoms with Crippen LogP contribution in [0.25, 0.3) is 10.2 Å². The van der Waals surface area contributed by atoms with Crippen molar-refractivity contribution in [2.45, 2.75) is 6.92 Å². The zero-order valence-electron chi connectivity index (χ0n) is 13.5. The Kier molecular flexibility index (Phi) is 4.28. The van der Waals surface area contributed by atoms with Crippen LogP contribution in [-0.2, 0) is 4.74 Å². The molecule has 0 atom stereocenters. The van der Waals surface area contributed by atoms with Gasteiger partial charge in [-0.3, -0.25) is 9.59 Å². The summed E-state index contributed by atoms with van der Waals surface area (Å²) >= 11 is 1.09. The summed E-state index contributed by atoms with van der Waals surface area (Å²) in [5.74, 6) is -1.02. The third kappa shape index (κ3) is 2.99. The molecule has 0 aliphatic rings. The number of nitrogens with one attached hydrogen (secondary N) is 2. The van der Waals surface area contributed by atoms with Crippen molar-refractivity contribution in [3.8, 4) is 0 Å². The minimum Gasteiger partial charge on any atom is -0.465 e. The van der Waals surface area contributed by atoms with Crippen LogP contribution < -0.4 is 16.6 Å². The first kappa shape index (κ1) is 16.7. The number of fused-ring (bicyclic) bond motifs is 1. The molecule has 3 rings (SSSR count). The molecular weight excluding hydrogens is 342 g/mol. The Morgan fingerprint density at radius 1 is 1.28 bits per heavy atom. The molecule has 1 amide bonds. The molecule has 2 heterocycles. The number of pyridine rings is 1. The first-order valence-corrected chi connectivity index (χ1v) is 8.14. The second kappa shape index (κ2) is 6.40. The lowest BCUT2D eigenvalue weighted by molar-refractivity contribution is 0.0602. The molecule has 0 unspecified atom stereocenters. The van der Waals surface area contributed by atoms with Gasteiger partial charge in [0.15, 0.2) is 0 Å². The maximum Gasteiger partial charge on any atom is 0.339 e. The summed E-state index contributed by atoms with van der Waals surface area (Å²) in [4.78, 5) is 39.5. The van der Waals surface area contributed by atoms with Crippen LogP contribution in [0, 0.1) is 6.92 Å². The van der Waals surface area contributed by atoms with Gasteiger partial charge in [0.2, 0.25) is 5.56 Å². The Balaban J connectivity index is 2.02. The predicted molar refractivity (Wildman–Crippen MR) is 97.3 cm³/mol. The number of H-pyrrole nitrogens is 1. The van der Waals surface area contributed by atoms with E-state index in [1.807, 2.05) is 0 Å². The molecular formula is C17H15N3O4S. The van der Waals surface area contributed by atoms with Gasteiger partial charge in [-0.15, -0.1) is 11.3 Å². The van der Waals surface area contributed by atoms with E-state index in [0.717, 1.165) is 11.3 Å². The molecule has 0 radical (unpaired) electrons. The highest BCUT2D eigenvalue weighted by atomic mass is 32.1. The maximum absolute atomic E-state index is 12.6. The number of amides is 1. The third-order valence-electron chi connectivity index (χ3n) is 3.71. The van der Waals surface area contributed by atoms with Crippen molar-refractivity contribution in [3.63, 3.8) is 0 Å². The molecule has 8 heteroatoms. The highest BCUT2D eigenvalue weighted by Gasteiger charge is 2.20. The number of aromatic amines is 1. The summed E-state index contributed by atoms with van der Waals surface area (Å²) in [7, 11) is 1.27. The van der Waals surface area contributed by atoms with E-state index in [1.165, 1.54) is 13.2 Å². The molecule has 1 aromatic carbocycles. The molecule has 0 aliphatic heterocycles. The monoisotopic (exact) mass is 357 g/mol. The molecule has 25 heavy (non-hydrogen) atoms. The average molecular weight is 357 g/mol. The number of ether oxygens (including phenoxy) is 1. The van der Waals surface area contributed by atoms with Crippen LogP contribution >= 0.6 is 11.3 Å². The van der Waals surface area contributed by atoms with Crippen LogP contribution in [0.2, 0.25) is 0 Å². The molecule has 128 valence electrons. The van der Waals surface area contributed by atoms with E-state index in [9.17, 15) is 14.4 Å². The number of benzene rings is 1. The lowest BCUT2D eigenvalue weighted by Crippen LogP contribution is -2.15. The highest BCUT2D eigenvalue weighted by Crippen LogP contribution is 2.34. The Morgan fingerprint density at radius 3 is 2.72 bits per heavy atom. The van der Waals surface area contributed by atoms with Gasteiger partial charge < -0.3 is 20.8 Å². The maximum atomic E-state index is 12.6. The van der Waals surface area contributed by atoms with Crippen molar-refractivity contribution >= 4 is 44.8 Å². The number of nitrogen functional groups attached to an aromatic ring is 1. The summed E-state index contributed by atoms with van der Waals surface area (Å²) in [6, 6.07) is 7.94. The number of hydrogen-bond donors (Lipinski definition) is 3. The van der Waals surface area contributed by atoms with E-state index in [1.54, 1.807) is 31.2 Å². The van der Waals surface area contributed by atoms with Crippen molar-refractivity contribution in [2.75, 3.05) is 18.2 Å². The standard InChI is InChI=1S/C17H15N3O4S/c1-8-7-11(21)20-16-12(8)13(18)14(25-16)15(22)19-10-6-4-3-5-9(10)17(23)24-2/h3-7H,18H2,1-2H3,(H,19,22)(H,20,21). The van der Waals surface area contributed by atoms with E-state index in [0.29, 0.717) is 27.2 Å². The second-order valence-corrected chi connectivity index (χ2v) is 6.38. The number of methoxy groups -OCH3 is 1. The molecule has 0 fully saturated rings. The summed E-state index contributed by atoms with van der Waals surface area (Å²) < 4.78 is 4.71. The smallest absolute Gasteiger partial charge is 0.339 e. The van der Waals surface area contributed by atoms with Gasteiger partial charge in [0.1, 0.15) is 9.71 Å². The van der Waals surface area contributed by atoms with Gasteiger partial charge in [0.25, 0.3) is 5.91 Å². The van der Waals surface area contributed by atoms with Gasteiger partial charge in [-0.1, -0.05) is 12.1 Å². The van der Waals surface area contributed by atoms with E-state index < -0.39 is 11.9 Å². The number of rotatable bonds is 3. The van der Waals surface area contributed by atoms with Crippen molar-refractivity contribution in [3.05, 3.63) is 56.7 Å². The number of carbonyl (C=O) groups is 2. The fraction of sp³-hybridized carbons (Fsp3) is 0.118. The van der Waals surface area contributed by atoms with Crippen molar-refractivity contribution in [1.82, 2.24) is 4.98 Å². The summed E-state index contributed by atoms with van der Waals surface area (Å²) in [5.41, 5.74) is 7.40. The molecule has 7 nitrogen and oxygen atoms in total. The number of anilines is 2. The molecule has 2 aromatic heterocycles. The topological polar surface area (TPSA) is 114 Å². The summed E-state index contributed by atoms with van der Waals surface area (Å²) in [5, 5.41) is 3.33. The fourth-order valence-electron chi connectivity index (χ4n) is 2.57. The second-order valence-electron chi connectivity index (χ2n) is 5.36. The Bertz CT molecular complexity index is 1050. The molecule has 0 saturated heterocycles. The number of carbonyl (C=O) groups excluding carboxylic acids is 2. The molecule has 3 aromatic rings. The highest BCUT2D eigenvalue weighted by molar-refractivity contribution is 7.21. The van der Waals surface area contributed by atoms with E-state index >= 15 is 0 Å². The molecule has 0 saturated carbocycles. The van der Waals surface area contributed by atoms with Crippen LogP contribution in [0.1, 0.15) is 25.6 Å². The Morgan fingerprint density at radius 2 is 2.00 bits per heavy atom. The third-order valence-corrected chi connectivity index (χ3v) is 4.83. The van der Waals surface area contributed by atoms with Gasteiger partial charge in [-0.05, 0) is 24.6 Å². The zero-order chi connectivity index (χ0) is 18.1. The fourth-order valence-corrected chi connectivity index (χ4v) is 3.65. The lowest BCUT2D eigenvalue weighted by atomic mass is 10.1. The van der Waals surface area contributed by atoms with Crippen LogP contribution in [0.5, 0.6) is 0 Å². The first-order chi connectivity index (χ1) is 11.9. The van der Waals surface area contributed by atoms with Gasteiger partial charge in [-0.2, -0.15) is 0 Å². The predicted octanol–water partition coefficient (Wildman–Crippen LogP) is 2.52. The Hall–Kier alpha value is -3.13. The van der Waals surface area contributed by atoms with E-state index in [4.69, 9.17) is 10.5 Å². The number of aryl methyl sites for hydroxylation is 1. The first-order valence-electron chi connectivity index (χ1n) is 7.33. The molecule has 0 aliphatic carbocycles. The normalized spacial score (nSPS) is 10.6. The average Bonchev–Trinajstić information content (AvgIpc) is 2.91. The lowest BCUT2D eigenvalue weighted by Gasteiger charge is -2.09. The van der Waals surface area contributed by atoms with Gasteiger partial charge in [0.05, 0.1) is 24.0 Å². The van der Waals surface area contributed by atoms with Crippen molar-refractivity contribution in [1.29, 1.82) is 0 Å². The number of aromatic nitrogens is 1.